The molecule has 116 valence electrons. The molecule has 0 aromatic heterocycles. The Morgan fingerprint density at radius 1 is 1.62 bits per heavy atom. The number of rotatable bonds is 4. The van der Waals surface area contributed by atoms with Crippen molar-refractivity contribution in [1.29, 1.82) is 0 Å². The molecule has 1 saturated heterocycles. The van der Waals surface area contributed by atoms with Crippen LogP contribution < -0.4 is 5.73 Å². The van der Waals surface area contributed by atoms with Crippen LogP contribution >= 0.6 is 0 Å². The Balaban J connectivity index is 2.25. The monoisotopic (exact) mass is 292 g/mol. The van der Waals surface area contributed by atoms with Crippen molar-refractivity contribution in [3.05, 3.63) is 29.8 Å². The van der Waals surface area contributed by atoms with Crippen LogP contribution in [0.4, 0.5) is 0 Å². The van der Waals surface area contributed by atoms with E-state index in [0.717, 1.165) is 5.56 Å². The maximum atomic E-state index is 12.9. The van der Waals surface area contributed by atoms with Gasteiger partial charge in [-0.25, -0.2) is 0 Å². The van der Waals surface area contributed by atoms with Crippen LogP contribution in [0, 0.1) is 5.41 Å². The van der Waals surface area contributed by atoms with E-state index in [4.69, 9.17) is 10.5 Å². The molecular formula is C16H24N2O3. The first-order valence-corrected chi connectivity index (χ1v) is 7.33. The Morgan fingerprint density at radius 3 is 2.86 bits per heavy atom. The van der Waals surface area contributed by atoms with E-state index in [1.807, 2.05) is 26.8 Å². The largest absolute Gasteiger partial charge is 0.508 e. The molecule has 3 unspecified atom stereocenters. The Labute approximate surface area is 125 Å². The fourth-order valence-corrected chi connectivity index (χ4v) is 2.80. The number of hydrogen-bond donors (Lipinski definition) is 2. The van der Waals surface area contributed by atoms with Gasteiger partial charge in [0.2, 0.25) is 5.91 Å². The van der Waals surface area contributed by atoms with Crippen molar-refractivity contribution >= 4 is 5.91 Å². The molecule has 1 aliphatic rings. The second-order valence-electron chi connectivity index (χ2n) is 5.90. The van der Waals surface area contributed by atoms with Gasteiger partial charge in [0.1, 0.15) is 5.75 Å². The lowest BCUT2D eigenvalue weighted by atomic mass is 9.83. The quantitative estimate of drug-likeness (QED) is 0.885. The summed E-state index contributed by atoms with van der Waals surface area (Å²) in [6, 6.07) is 6.60. The number of amides is 1. The summed E-state index contributed by atoms with van der Waals surface area (Å²) in [6.07, 6.45) is 0. The van der Waals surface area contributed by atoms with Crippen LogP contribution in [-0.4, -0.2) is 41.7 Å². The summed E-state index contributed by atoms with van der Waals surface area (Å²) >= 11 is 0. The van der Waals surface area contributed by atoms with E-state index < -0.39 is 5.41 Å². The minimum absolute atomic E-state index is 0.00541. The Hall–Kier alpha value is -1.59. The van der Waals surface area contributed by atoms with Crippen molar-refractivity contribution in [1.82, 2.24) is 4.90 Å². The molecule has 21 heavy (non-hydrogen) atoms. The van der Waals surface area contributed by atoms with Crippen LogP contribution in [0.15, 0.2) is 24.3 Å². The number of nitrogens with two attached hydrogens (primary N) is 1. The zero-order valence-electron chi connectivity index (χ0n) is 12.9. The smallest absolute Gasteiger partial charge is 0.233 e. The van der Waals surface area contributed by atoms with Gasteiger partial charge in [-0.15, -0.1) is 0 Å². The van der Waals surface area contributed by atoms with E-state index in [2.05, 4.69) is 0 Å². The first kappa shape index (κ1) is 15.8. The molecule has 0 spiro atoms. The number of benzene rings is 1. The second kappa shape index (κ2) is 6.03. The fraction of sp³-hybridized carbons (Fsp3) is 0.562. The van der Waals surface area contributed by atoms with E-state index in [1.54, 1.807) is 23.1 Å². The van der Waals surface area contributed by atoms with Gasteiger partial charge in [-0.05, 0) is 38.5 Å². The Morgan fingerprint density at radius 2 is 2.33 bits per heavy atom. The molecule has 1 aliphatic heterocycles. The van der Waals surface area contributed by atoms with E-state index in [0.29, 0.717) is 19.8 Å². The summed E-state index contributed by atoms with van der Waals surface area (Å²) in [5.74, 6) is 0.209. The Bertz CT molecular complexity index is 520. The van der Waals surface area contributed by atoms with Crippen molar-refractivity contribution in [2.75, 3.05) is 19.8 Å². The number of carbonyl (C=O) groups excluding carboxylic acids is 1. The molecule has 0 radical (unpaired) electrons. The number of nitrogens with zero attached hydrogens (tertiary/aromatic N) is 1. The van der Waals surface area contributed by atoms with Gasteiger partial charge < -0.3 is 20.5 Å². The number of hydrogen-bond acceptors (Lipinski definition) is 4. The maximum Gasteiger partial charge on any atom is 0.233 e. The predicted molar refractivity (Wildman–Crippen MR) is 80.8 cm³/mol. The third kappa shape index (κ3) is 2.89. The molecule has 1 aromatic rings. The van der Waals surface area contributed by atoms with Crippen molar-refractivity contribution < 1.29 is 14.6 Å². The SMILES string of the molecule is CCN(C(=O)C1(C)COCC1N)C(C)c1cccc(O)c1. The van der Waals surface area contributed by atoms with Gasteiger partial charge in [-0.1, -0.05) is 12.1 Å². The topological polar surface area (TPSA) is 75.8 Å². The van der Waals surface area contributed by atoms with Crippen molar-refractivity contribution in [2.24, 2.45) is 11.1 Å². The van der Waals surface area contributed by atoms with Crippen LogP contribution in [0.25, 0.3) is 0 Å². The highest BCUT2D eigenvalue weighted by Gasteiger charge is 2.47. The number of aromatic hydroxyl groups is 1. The van der Waals surface area contributed by atoms with E-state index in [1.165, 1.54) is 0 Å². The van der Waals surface area contributed by atoms with Gasteiger partial charge in [0.25, 0.3) is 0 Å². The first-order valence-electron chi connectivity index (χ1n) is 7.33. The average molecular weight is 292 g/mol. The standard InChI is InChI=1S/C16H24N2O3/c1-4-18(11(2)12-6-5-7-13(19)8-12)15(20)16(3)10-21-9-14(16)17/h5-8,11,14,19H,4,9-10,17H2,1-3H3. The minimum Gasteiger partial charge on any atom is -0.508 e. The van der Waals surface area contributed by atoms with Crippen LogP contribution in [0.1, 0.15) is 32.4 Å². The molecule has 2 rings (SSSR count). The molecule has 1 aromatic carbocycles. The summed E-state index contributed by atoms with van der Waals surface area (Å²) in [5.41, 5.74) is 6.28. The molecule has 5 nitrogen and oxygen atoms in total. The highest BCUT2D eigenvalue weighted by molar-refractivity contribution is 5.84. The first-order chi connectivity index (χ1) is 9.90. The molecular weight excluding hydrogens is 268 g/mol. The molecule has 5 heteroatoms. The van der Waals surface area contributed by atoms with Crippen molar-refractivity contribution in [3.8, 4) is 5.75 Å². The third-order valence-electron chi connectivity index (χ3n) is 4.43. The molecule has 1 fully saturated rings. The number of carbonyl (C=O) groups is 1. The normalized spacial score (nSPS) is 26.6. The number of phenolic OH excluding ortho intramolecular Hbond substituents is 1. The summed E-state index contributed by atoms with van der Waals surface area (Å²) in [6.45, 7) is 7.13. The average Bonchev–Trinajstić information content (AvgIpc) is 2.80. The van der Waals surface area contributed by atoms with E-state index in [9.17, 15) is 9.90 Å². The van der Waals surface area contributed by atoms with Gasteiger partial charge in [0.15, 0.2) is 0 Å². The van der Waals surface area contributed by atoms with Gasteiger partial charge >= 0.3 is 0 Å². The second-order valence-corrected chi connectivity index (χ2v) is 5.90. The molecule has 0 aliphatic carbocycles. The molecule has 1 heterocycles. The summed E-state index contributed by atoms with van der Waals surface area (Å²) in [7, 11) is 0. The van der Waals surface area contributed by atoms with Gasteiger partial charge in [0, 0.05) is 12.6 Å². The summed E-state index contributed by atoms with van der Waals surface area (Å²) < 4.78 is 5.38. The zero-order valence-corrected chi connectivity index (χ0v) is 12.9. The zero-order chi connectivity index (χ0) is 15.6. The lowest BCUT2D eigenvalue weighted by Crippen LogP contribution is -2.52. The van der Waals surface area contributed by atoms with Gasteiger partial charge in [-0.2, -0.15) is 0 Å². The van der Waals surface area contributed by atoms with Gasteiger partial charge in [-0.3, -0.25) is 4.79 Å². The van der Waals surface area contributed by atoms with Crippen molar-refractivity contribution in [2.45, 2.75) is 32.9 Å². The molecule has 1 amide bonds. The highest BCUT2D eigenvalue weighted by atomic mass is 16.5. The fourth-order valence-electron chi connectivity index (χ4n) is 2.80. The molecule has 0 bridgehead atoms. The summed E-state index contributed by atoms with van der Waals surface area (Å²) in [4.78, 5) is 14.7. The molecule has 3 atom stereocenters. The highest BCUT2D eigenvalue weighted by Crippen LogP contribution is 2.33. The Kier molecular flexibility index (Phi) is 4.54. The number of ether oxygens (including phenoxy) is 1. The molecule has 0 saturated carbocycles. The summed E-state index contributed by atoms with van der Waals surface area (Å²) in [5, 5.41) is 9.62. The lowest BCUT2D eigenvalue weighted by Gasteiger charge is -2.36. The van der Waals surface area contributed by atoms with Crippen LogP contribution in [-0.2, 0) is 9.53 Å². The minimum atomic E-state index is -0.679. The maximum absolute atomic E-state index is 12.9. The van der Waals surface area contributed by atoms with Crippen molar-refractivity contribution in [3.63, 3.8) is 0 Å². The number of phenols is 1. The van der Waals surface area contributed by atoms with Gasteiger partial charge in [0.05, 0.1) is 24.7 Å². The van der Waals surface area contributed by atoms with E-state index in [-0.39, 0.29) is 23.7 Å². The lowest BCUT2D eigenvalue weighted by molar-refractivity contribution is -0.143. The van der Waals surface area contributed by atoms with Crippen LogP contribution in [0.3, 0.4) is 0 Å². The van der Waals surface area contributed by atoms with Crippen LogP contribution in [0.5, 0.6) is 5.75 Å². The van der Waals surface area contributed by atoms with E-state index >= 15 is 0 Å². The third-order valence-corrected chi connectivity index (χ3v) is 4.43. The van der Waals surface area contributed by atoms with Crippen LogP contribution in [0.2, 0.25) is 0 Å². The molecule has 3 N–H and O–H groups in total. The predicted octanol–water partition coefficient (Wildman–Crippen LogP) is 1.67.